The predicted molar refractivity (Wildman–Crippen MR) is 66.5 cm³/mol. The van der Waals surface area contributed by atoms with Gasteiger partial charge in [-0.1, -0.05) is 0 Å². The van der Waals surface area contributed by atoms with Crippen molar-refractivity contribution in [2.24, 2.45) is 0 Å². The molecule has 0 spiro atoms. The second-order valence-corrected chi connectivity index (χ2v) is 5.74. The molecule has 0 rings (SSSR count). The van der Waals surface area contributed by atoms with E-state index in [9.17, 15) is 9.59 Å². The van der Waals surface area contributed by atoms with Gasteiger partial charge in [0.25, 0.3) is 0 Å². The molecule has 0 bridgehead atoms. The second kappa shape index (κ2) is 7.91. The Balaban J connectivity index is 3.54. The third-order valence-corrected chi connectivity index (χ3v) is 1.28. The van der Waals surface area contributed by atoms with Crippen LogP contribution in [0.4, 0.5) is 9.59 Å². The third kappa shape index (κ3) is 12.9. The zero-order valence-corrected chi connectivity index (χ0v) is 12.7. The molecular weight excluding hydrogens is 272 g/mol. The van der Waals surface area contributed by atoms with Gasteiger partial charge < -0.3 is 9.47 Å². The SMILES string of the molecule is CC(C)(C)OC(=O)OOCCOOC(=O)OC(C)(C)C. The van der Waals surface area contributed by atoms with E-state index in [4.69, 9.17) is 9.47 Å². The zero-order valence-electron chi connectivity index (χ0n) is 12.7. The maximum absolute atomic E-state index is 11.0. The van der Waals surface area contributed by atoms with Crippen LogP contribution in [0.5, 0.6) is 0 Å². The summed E-state index contributed by atoms with van der Waals surface area (Å²) >= 11 is 0. The molecule has 118 valence electrons. The fourth-order valence-electron chi connectivity index (χ4n) is 0.782. The summed E-state index contributed by atoms with van der Waals surface area (Å²) in [7, 11) is 0. The molecule has 0 aliphatic rings. The van der Waals surface area contributed by atoms with Gasteiger partial charge in [-0.25, -0.2) is 9.59 Å². The van der Waals surface area contributed by atoms with Gasteiger partial charge >= 0.3 is 12.3 Å². The number of ether oxygens (including phenoxy) is 2. The van der Waals surface area contributed by atoms with Gasteiger partial charge in [0.2, 0.25) is 0 Å². The number of hydrogen-bond acceptors (Lipinski definition) is 8. The summed E-state index contributed by atoms with van der Waals surface area (Å²) in [4.78, 5) is 39.7. The van der Waals surface area contributed by atoms with Crippen LogP contribution >= 0.6 is 0 Å². The Kier molecular flexibility index (Phi) is 7.30. The molecule has 0 saturated carbocycles. The predicted octanol–water partition coefficient (Wildman–Crippen LogP) is 2.75. The quantitative estimate of drug-likeness (QED) is 0.331. The van der Waals surface area contributed by atoms with Crippen LogP contribution < -0.4 is 0 Å². The molecule has 0 amide bonds. The van der Waals surface area contributed by atoms with Crippen LogP contribution in [0.15, 0.2) is 0 Å². The fourth-order valence-corrected chi connectivity index (χ4v) is 0.782. The lowest BCUT2D eigenvalue weighted by atomic mass is 10.2. The molecule has 0 aliphatic carbocycles. The van der Waals surface area contributed by atoms with E-state index >= 15 is 0 Å². The largest absolute Gasteiger partial charge is 0.540 e. The van der Waals surface area contributed by atoms with E-state index in [-0.39, 0.29) is 13.2 Å². The van der Waals surface area contributed by atoms with E-state index in [1.807, 2.05) is 0 Å². The lowest BCUT2D eigenvalue weighted by Crippen LogP contribution is -2.25. The first kappa shape index (κ1) is 18.5. The molecule has 0 saturated heterocycles. The molecule has 0 aromatic carbocycles. The lowest BCUT2D eigenvalue weighted by molar-refractivity contribution is -0.306. The summed E-state index contributed by atoms with van der Waals surface area (Å²) in [5, 5.41) is 0. The van der Waals surface area contributed by atoms with E-state index in [2.05, 4.69) is 19.6 Å². The van der Waals surface area contributed by atoms with Gasteiger partial charge in [-0.3, -0.25) is 9.78 Å². The minimum Gasteiger partial charge on any atom is -0.427 e. The van der Waals surface area contributed by atoms with Crippen LogP contribution in [0.2, 0.25) is 0 Å². The van der Waals surface area contributed by atoms with E-state index in [0.29, 0.717) is 0 Å². The highest BCUT2D eigenvalue weighted by atomic mass is 17.3. The maximum Gasteiger partial charge on any atom is 0.540 e. The van der Waals surface area contributed by atoms with Gasteiger partial charge in [0.1, 0.15) is 24.4 Å². The Labute approximate surface area is 118 Å². The van der Waals surface area contributed by atoms with Crippen molar-refractivity contribution in [1.82, 2.24) is 0 Å². The van der Waals surface area contributed by atoms with E-state index in [0.717, 1.165) is 0 Å². The molecule has 0 unspecified atom stereocenters. The van der Waals surface area contributed by atoms with Crippen molar-refractivity contribution in [2.75, 3.05) is 13.2 Å². The van der Waals surface area contributed by atoms with Crippen molar-refractivity contribution < 1.29 is 38.6 Å². The normalized spacial score (nSPS) is 11.7. The number of rotatable bonds is 5. The van der Waals surface area contributed by atoms with Crippen LogP contribution in [0, 0.1) is 0 Å². The Bertz CT molecular complexity index is 280. The fraction of sp³-hybridized carbons (Fsp3) is 0.833. The maximum atomic E-state index is 11.0. The summed E-state index contributed by atoms with van der Waals surface area (Å²) in [6, 6.07) is 0. The monoisotopic (exact) mass is 294 g/mol. The van der Waals surface area contributed by atoms with Gasteiger partial charge in [-0.15, -0.1) is 0 Å². The minimum atomic E-state index is -0.967. The Morgan fingerprint density at radius 1 is 0.700 bits per heavy atom. The van der Waals surface area contributed by atoms with Crippen molar-refractivity contribution in [3.63, 3.8) is 0 Å². The number of carbonyl (C=O) groups is 2. The summed E-state index contributed by atoms with van der Waals surface area (Å²) in [6.45, 7) is 9.85. The molecule has 0 fully saturated rings. The number of carbonyl (C=O) groups excluding carboxylic acids is 2. The molecule has 0 heterocycles. The van der Waals surface area contributed by atoms with Crippen molar-refractivity contribution in [1.29, 1.82) is 0 Å². The molecule has 0 atom stereocenters. The molecule has 20 heavy (non-hydrogen) atoms. The van der Waals surface area contributed by atoms with Crippen molar-refractivity contribution in [3.05, 3.63) is 0 Å². The highest BCUT2D eigenvalue weighted by Gasteiger charge is 2.19. The third-order valence-electron chi connectivity index (χ3n) is 1.28. The first-order valence-corrected chi connectivity index (χ1v) is 6.04. The smallest absolute Gasteiger partial charge is 0.427 e. The van der Waals surface area contributed by atoms with Crippen molar-refractivity contribution in [3.8, 4) is 0 Å². The molecule has 0 aromatic heterocycles. The minimum absolute atomic E-state index is 0.137. The average Bonchev–Trinajstić information content (AvgIpc) is 2.17. The zero-order chi connectivity index (χ0) is 15.8. The van der Waals surface area contributed by atoms with Gasteiger partial charge in [0.05, 0.1) is 0 Å². The second-order valence-electron chi connectivity index (χ2n) is 5.74. The summed E-state index contributed by atoms with van der Waals surface area (Å²) in [5.41, 5.74) is -1.34. The van der Waals surface area contributed by atoms with Crippen LogP contribution in [-0.2, 0) is 29.0 Å². The lowest BCUT2D eigenvalue weighted by Gasteiger charge is -2.18. The van der Waals surface area contributed by atoms with E-state index in [1.165, 1.54) is 0 Å². The van der Waals surface area contributed by atoms with E-state index in [1.54, 1.807) is 41.5 Å². The summed E-state index contributed by atoms with van der Waals surface area (Å²) < 4.78 is 9.61. The first-order valence-electron chi connectivity index (χ1n) is 6.04. The van der Waals surface area contributed by atoms with Gasteiger partial charge in [0, 0.05) is 0 Å². The standard InChI is InChI=1S/C12H22O8/c1-11(2,3)17-9(13)19-15-7-8-16-20-10(14)18-12(4,5)6/h7-8H2,1-6H3. The molecule has 0 aliphatic heterocycles. The Hall–Kier alpha value is -1.54. The average molecular weight is 294 g/mol. The topological polar surface area (TPSA) is 89.5 Å². The summed E-state index contributed by atoms with van der Waals surface area (Å²) in [6.07, 6.45) is -1.93. The van der Waals surface area contributed by atoms with Crippen molar-refractivity contribution >= 4 is 12.3 Å². The molecule has 8 heteroatoms. The molecular formula is C12H22O8. The molecule has 0 N–H and O–H groups in total. The molecule has 0 aromatic rings. The van der Waals surface area contributed by atoms with Gasteiger partial charge in [-0.05, 0) is 41.5 Å². The number of hydrogen-bond donors (Lipinski definition) is 0. The van der Waals surface area contributed by atoms with Crippen molar-refractivity contribution in [2.45, 2.75) is 52.7 Å². The van der Waals surface area contributed by atoms with Crippen LogP contribution in [0.1, 0.15) is 41.5 Å². The first-order chi connectivity index (χ1) is 8.99. The van der Waals surface area contributed by atoms with Gasteiger partial charge in [-0.2, -0.15) is 9.78 Å². The van der Waals surface area contributed by atoms with Crippen LogP contribution in [0.25, 0.3) is 0 Å². The molecule has 0 radical (unpaired) electrons. The van der Waals surface area contributed by atoms with Gasteiger partial charge in [0.15, 0.2) is 0 Å². The highest BCUT2D eigenvalue weighted by Crippen LogP contribution is 2.09. The van der Waals surface area contributed by atoms with Crippen LogP contribution in [0.3, 0.4) is 0 Å². The summed E-state index contributed by atoms with van der Waals surface area (Å²) in [5.74, 6) is 0. The Morgan fingerprint density at radius 2 is 1.00 bits per heavy atom. The Morgan fingerprint density at radius 3 is 1.25 bits per heavy atom. The highest BCUT2D eigenvalue weighted by molar-refractivity contribution is 5.59. The van der Waals surface area contributed by atoms with E-state index < -0.39 is 23.5 Å². The molecule has 8 nitrogen and oxygen atoms in total. The van der Waals surface area contributed by atoms with Crippen LogP contribution in [-0.4, -0.2) is 36.7 Å².